The lowest BCUT2D eigenvalue weighted by molar-refractivity contribution is -0.143. The van der Waals surface area contributed by atoms with Crippen LogP contribution in [0.25, 0.3) is 0 Å². The normalized spacial score (nSPS) is 13.4. The first kappa shape index (κ1) is 16.3. The van der Waals surface area contributed by atoms with E-state index in [9.17, 15) is 4.79 Å². The first-order chi connectivity index (χ1) is 9.57. The van der Waals surface area contributed by atoms with Crippen LogP contribution in [0.5, 0.6) is 11.5 Å². The van der Waals surface area contributed by atoms with Gasteiger partial charge in [0.1, 0.15) is 17.5 Å². The fourth-order valence-electron chi connectivity index (χ4n) is 2.06. The first-order valence-corrected chi connectivity index (χ1v) is 6.63. The number of rotatable bonds is 7. The molecule has 0 aliphatic heterocycles. The molecule has 0 radical (unpaired) electrons. The molecule has 2 atom stereocenters. The molecule has 112 valence electrons. The van der Waals surface area contributed by atoms with Gasteiger partial charge in [0.25, 0.3) is 0 Å². The van der Waals surface area contributed by atoms with Crippen LogP contribution in [0.15, 0.2) is 18.2 Å². The van der Waals surface area contributed by atoms with Gasteiger partial charge in [-0.25, -0.2) is 0 Å². The second kappa shape index (κ2) is 7.75. The van der Waals surface area contributed by atoms with Crippen LogP contribution in [0.3, 0.4) is 0 Å². The summed E-state index contributed by atoms with van der Waals surface area (Å²) in [7, 11) is 4.62. The minimum absolute atomic E-state index is 0.0418. The van der Waals surface area contributed by atoms with Crippen molar-refractivity contribution in [2.75, 3.05) is 21.3 Å². The minimum atomic E-state index is -0.332. The van der Waals surface area contributed by atoms with Crippen LogP contribution in [0.2, 0.25) is 0 Å². The largest absolute Gasteiger partial charge is 0.497 e. The molecular weight excluding hydrogens is 258 g/mol. The Kier molecular flexibility index (Phi) is 6.31. The Morgan fingerprint density at radius 1 is 1.25 bits per heavy atom. The molecule has 1 aromatic carbocycles. The van der Waals surface area contributed by atoms with Gasteiger partial charge in [0.05, 0.1) is 21.3 Å². The molecule has 1 N–H and O–H groups in total. The highest BCUT2D eigenvalue weighted by atomic mass is 16.5. The second-order valence-electron chi connectivity index (χ2n) is 4.48. The van der Waals surface area contributed by atoms with Crippen molar-refractivity contribution in [2.45, 2.75) is 32.4 Å². The highest BCUT2D eigenvalue weighted by Crippen LogP contribution is 2.29. The zero-order chi connectivity index (χ0) is 15.1. The summed E-state index contributed by atoms with van der Waals surface area (Å²) in [5.41, 5.74) is 0.968. The van der Waals surface area contributed by atoms with E-state index in [1.54, 1.807) is 14.2 Å². The lowest BCUT2D eigenvalue weighted by Crippen LogP contribution is -2.38. The molecule has 0 spiro atoms. The van der Waals surface area contributed by atoms with Gasteiger partial charge in [-0.05, 0) is 19.4 Å². The zero-order valence-electron chi connectivity index (χ0n) is 12.7. The van der Waals surface area contributed by atoms with Gasteiger partial charge in [0.15, 0.2) is 0 Å². The summed E-state index contributed by atoms with van der Waals surface area (Å²) in [5.74, 6) is 1.20. The summed E-state index contributed by atoms with van der Waals surface area (Å²) in [6.07, 6.45) is 0.662. The monoisotopic (exact) mass is 281 g/mol. The van der Waals surface area contributed by atoms with Crippen molar-refractivity contribution in [3.8, 4) is 11.5 Å². The van der Waals surface area contributed by atoms with E-state index in [1.165, 1.54) is 7.11 Å². The van der Waals surface area contributed by atoms with Crippen LogP contribution in [0, 0.1) is 0 Å². The molecule has 5 heteroatoms. The van der Waals surface area contributed by atoms with Crippen molar-refractivity contribution >= 4 is 5.97 Å². The Morgan fingerprint density at radius 3 is 2.45 bits per heavy atom. The standard InChI is InChI=1S/C15H23NO4/c1-6-13(15(17)20-5)16-10(2)12-8-7-11(18-3)9-14(12)19-4/h7-10,13,16H,6H2,1-5H3. The SMILES string of the molecule is CCC(NC(C)c1ccc(OC)cc1OC)C(=O)OC. The number of nitrogens with one attached hydrogen (secondary N) is 1. The Hall–Kier alpha value is -1.75. The van der Waals surface area contributed by atoms with Crippen LogP contribution >= 0.6 is 0 Å². The molecule has 2 unspecified atom stereocenters. The molecule has 0 fully saturated rings. The molecule has 0 bridgehead atoms. The molecule has 5 nitrogen and oxygen atoms in total. The van der Waals surface area contributed by atoms with Crippen LogP contribution in [0.4, 0.5) is 0 Å². The van der Waals surface area contributed by atoms with E-state index < -0.39 is 0 Å². The van der Waals surface area contributed by atoms with Crippen molar-refractivity contribution in [3.63, 3.8) is 0 Å². The molecule has 1 aromatic rings. The summed E-state index contributed by atoms with van der Waals surface area (Å²) in [5, 5.41) is 3.25. The maximum atomic E-state index is 11.6. The van der Waals surface area contributed by atoms with Gasteiger partial charge >= 0.3 is 5.97 Å². The van der Waals surface area contributed by atoms with Gasteiger partial charge in [-0.2, -0.15) is 0 Å². The maximum absolute atomic E-state index is 11.6. The fraction of sp³-hybridized carbons (Fsp3) is 0.533. The fourth-order valence-corrected chi connectivity index (χ4v) is 2.06. The van der Waals surface area contributed by atoms with Crippen molar-refractivity contribution in [3.05, 3.63) is 23.8 Å². The van der Waals surface area contributed by atoms with Gasteiger partial charge < -0.3 is 14.2 Å². The van der Waals surface area contributed by atoms with Crippen LogP contribution in [-0.2, 0) is 9.53 Å². The number of ether oxygens (including phenoxy) is 3. The van der Waals surface area contributed by atoms with Crippen LogP contribution in [0.1, 0.15) is 31.9 Å². The molecule has 20 heavy (non-hydrogen) atoms. The molecule has 1 rings (SSSR count). The van der Waals surface area contributed by atoms with E-state index >= 15 is 0 Å². The van der Waals surface area contributed by atoms with Crippen molar-refractivity contribution in [1.82, 2.24) is 5.32 Å². The quantitative estimate of drug-likeness (QED) is 0.777. The van der Waals surface area contributed by atoms with E-state index in [1.807, 2.05) is 32.0 Å². The third-order valence-corrected chi connectivity index (χ3v) is 3.25. The predicted octanol–water partition coefficient (Wildman–Crippen LogP) is 2.31. The molecule has 0 heterocycles. The Balaban J connectivity index is 2.90. The summed E-state index contributed by atoms with van der Waals surface area (Å²) in [4.78, 5) is 11.6. The number of hydrogen-bond acceptors (Lipinski definition) is 5. The van der Waals surface area contributed by atoms with Crippen molar-refractivity contribution in [2.24, 2.45) is 0 Å². The highest BCUT2D eigenvalue weighted by molar-refractivity contribution is 5.75. The third-order valence-electron chi connectivity index (χ3n) is 3.25. The van der Waals surface area contributed by atoms with E-state index in [0.717, 1.165) is 17.1 Å². The Morgan fingerprint density at radius 2 is 1.95 bits per heavy atom. The average Bonchev–Trinajstić information content (AvgIpc) is 2.50. The summed E-state index contributed by atoms with van der Waals surface area (Å²) >= 11 is 0. The smallest absolute Gasteiger partial charge is 0.322 e. The number of benzene rings is 1. The molecule has 0 amide bonds. The number of methoxy groups -OCH3 is 3. The number of carbonyl (C=O) groups excluding carboxylic acids is 1. The van der Waals surface area contributed by atoms with Gasteiger partial charge in [0.2, 0.25) is 0 Å². The summed E-state index contributed by atoms with van der Waals surface area (Å²) in [6, 6.07) is 5.25. The van der Waals surface area contributed by atoms with Crippen molar-refractivity contribution in [1.29, 1.82) is 0 Å². The number of hydrogen-bond donors (Lipinski definition) is 1. The maximum Gasteiger partial charge on any atom is 0.322 e. The lowest BCUT2D eigenvalue weighted by atomic mass is 10.0. The molecule has 0 aliphatic rings. The molecular formula is C15H23NO4. The average molecular weight is 281 g/mol. The van der Waals surface area contributed by atoms with Crippen LogP contribution < -0.4 is 14.8 Å². The molecule has 0 saturated heterocycles. The van der Waals surface area contributed by atoms with E-state index in [0.29, 0.717) is 6.42 Å². The van der Waals surface area contributed by atoms with Gasteiger partial charge in [-0.15, -0.1) is 0 Å². The third kappa shape index (κ3) is 3.87. The topological polar surface area (TPSA) is 56.8 Å². The Bertz CT molecular complexity index is 447. The highest BCUT2D eigenvalue weighted by Gasteiger charge is 2.21. The van der Waals surface area contributed by atoms with Gasteiger partial charge in [-0.1, -0.05) is 13.0 Å². The summed E-state index contributed by atoms with van der Waals surface area (Å²) < 4.78 is 15.3. The summed E-state index contributed by atoms with van der Waals surface area (Å²) in [6.45, 7) is 3.92. The first-order valence-electron chi connectivity index (χ1n) is 6.63. The van der Waals surface area contributed by atoms with E-state index in [-0.39, 0.29) is 18.1 Å². The second-order valence-corrected chi connectivity index (χ2v) is 4.48. The van der Waals surface area contributed by atoms with Crippen molar-refractivity contribution < 1.29 is 19.0 Å². The Labute approximate surface area is 120 Å². The van der Waals surface area contributed by atoms with E-state index in [4.69, 9.17) is 14.2 Å². The minimum Gasteiger partial charge on any atom is -0.497 e. The lowest BCUT2D eigenvalue weighted by Gasteiger charge is -2.22. The van der Waals surface area contributed by atoms with Gasteiger partial charge in [0, 0.05) is 17.7 Å². The predicted molar refractivity (Wildman–Crippen MR) is 77.2 cm³/mol. The van der Waals surface area contributed by atoms with Gasteiger partial charge in [-0.3, -0.25) is 10.1 Å². The number of carbonyl (C=O) groups is 1. The zero-order valence-corrected chi connectivity index (χ0v) is 12.7. The molecule has 0 saturated carbocycles. The molecule has 0 aromatic heterocycles. The van der Waals surface area contributed by atoms with E-state index in [2.05, 4.69) is 5.32 Å². The molecule has 0 aliphatic carbocycles. The number of esters is 1. The van der Waals surface area contributed by atoms with Crippen LogP contribution in [-0.4, -0.2) is 33.3 Å².